The lowest BCUT2D eigenvalue weighted by molar-refractivity contribution is -0.0562. The fourth-order valence-electron chi connectivity index (χ4n) is 6.73. The number of hydrogen-bond donors (Lipinski definition) is 2. The van der Waals surface area contributed by atoms with Crippen molar-refractivity contribution < 1.29 is 0 Å². The van der Waals surface area contributed by atoms with Crippen molar-refractivity contribution in [2.24, 2.45) is 11.3 Å². The summed E-state index contributed by atoms with van der Waals surface area (Å²) in [5, 5.41) is 7.94. The molecule has 0 aromatic heterocycles. The standard InChI is InChI=1S/C20H33N3/c1-3-9-21-18(8-1)20-13-16(12-15-6-5-10-22-19(15)20)17-7-2-4-11-23(17)14-20/h12,16-19,21-22H,1-11,13-14H2. The van der Waals surface area contributed by atoms with E-state index in [2.05, 4.69) is 21.6 Å². The molecule has 4 heterocycles. The number of fused-ring (bicyclic) bond motifs is 6. The Morgan fingerprint density at radius 1 is 1.00 bits per heavy atom. The van der Waals surface area contributed by atoms with E-state index < -0.39 is 0 Å². The molecule has 0 radical (unpaired) electrons. The third-order valence-corrected chi connectivity index (χ3v) is 7.64. The van der Waals surface area contributed by atoms with Gasteiger partial charge in [0.15, 0.2) is 0 Å². The molecule has 0 spiro atoms. The molecule has 5 aliphatic rings. The maximum atomic E-state index is 3.98. The van der Waals surface area contributed by atoms with Gasteiger partial charge in [0.25, 0.3) is 0 Å². The second-order valence-corrected chi connectivity index (χ2v) is 8.87. The Morgan fingerprint density at radius 2 is 1.91 bits per heavy atom. The summed E-state index contributed by atoms with van der Waals surface area (Å²) in [6.45, 7) is 5.17. The fraction of sp³-hybridized carbons (Fsp3) is 0.900. The first kappa shape index (κ1) is 14.9. The van der Waals surface area contributed by atoms with Crippen LogP contribution in [-0.4, -0.2) is 49.2 Å². The van der Waals surface area contributed by atoms with E-state index in [1.54, 1.807) is 5.57 Å². The van der Waals surface area contributed by atoms with E-state index in [-0.39, 0.29) is 0 Å². The Kier molecular flexibility index (Phi) is 3.80. The summed E-state index contributed by atoms with van der Waals surface area (Å²) in [5.74, 6) is 0.832. The molecule has 4 fully saturated rings. The number of piperidine rings is 4. The lowest BCUT2D eigenvalue weighted by atomic mass is 9.56. The van der Waals surface area contributed by atoms with Crippen LogP contribution in [0.3, 0.4) is 0 Å². The largest absolute Gasteiger partial charge is 0.313 e. The van der Waals surface area contributed by atoms with Crippen molar-refractivity contribution in [3.63, 3.8) is 0 Å². The molecular weight excluding hydrogens is 282 g/mol. The topological polar surface area (TPSA) is 27.3 Å². The number of hydrogen-bond acceptors (Lipinski definition) is 3. The zero-order valence-electron chi connectivity index (χ0n) is 14.5. The van der Waals surface area contributed by atoms with Crippen molar-refractivity contribution in [2.75, 3.05) is 26.2 Å². The highest BCUT2D eigenvalue weighted by atomic mass is 15.2. The predicted molar refractivity (Wildman–Crippen MR) is 94.5 cm³/mol. The van der Waals surface area contributed by atoms with Gasteiger partial charge in [-0.2, -0.15) is 0 Å². The van der Waals surface area contributed by atoms with Gasteiger partial charge in [0, 0.05) is 30.1 Å². The molecule has 2 N–H and O–H groups in total. The van der Waals surface area contributed by atoms with E-state index in [1.807, 2.05) is 0 Å². The van der Waals surface area contributed by atoms with E-state index in [4.69, 9.17) is 0 Å². The summed E-state index contributed by atoms with van der Waals surface area (Å²) < 4.78 is 0. The summed E-state index contributed by atoms with van der Waals surface area (Å²) in [5.41, 5.74) is 2.24. The number of nitrogens with one attached hydrogen (secondary N) is 2. The van der Waals surface area contributed by atoms with Crippen LogP contribution in [0.5, 0.6) is 0 Å². The minimum absolute atomic E-state index is 0.462. The molecule has 128 valence electrons. The number of rotatable bonds is 1. The van der Waals surface area contributed by atoms with E-state index >= 15 is 0 Å². The van der Waals surface area contributed by atoms with Crippen LogP contribution in [0.15, 0.2) is 11.6 Å². The van der Waals surface area contributed by atoms with E-state index in [9.17, 15) is 0 Å². The average Bonchev–Trinajstić information content (AvgIpc) is 2.63. The zero-order chi connectivity index (χ0) is 15.3. The zero-order valence-corrected chi connectivity index (χ0v) is 14.5. The fourth-order valence-corrected chi connectivity index (χ4v) is 6.73. The molecule has 5 rings (SSSR count). The van der Waals surface area contributed by atoms with Gasteiger partial charge in [-0.1, -0.05) is 24.5 Å². The van der Waals surface area contributed by atoms with Gasteiger partial charge in [0.05, 0.1) is 0 Å². The van der Waals surface area contributed by atoms with Crippen molar-refractivity contribution in [2.45, 2.75) is 75.9 Å². The second-order valence-electron chi connectivity index (χ2n) is 8.87. The maximum absolute atomic E-state index is 3.98. The minimum atomic E-state index is 0.462. The summed E-state index contributed by atoms with van der Waals surface area (Å²) in [4.78, 5) is 2.90. The monoisotopic (exact) mass is 315 g/mol. The molecule has 23 heavy (non-hydrogen) atoms. The van der Waals surface area contributed by atoms with Crippen LogP contribution in [0.25, 0.3) is 0 Å². The van der Waals surface area contributed by atoms with Crippen molar-refractivity contribution in [3.8, 4) is 0 Å². The van der Waals surface area contributed by atoms with Crippen molar-refractivity contribution >= 4 is 0 Å². The summed E-state index contributed by atoms with van der Waals surface area (Å²) in [6.07, 6.45) is 15.4. The van der Waals surface area contributed by atoms with Gasteiger partial charge in [-0.25, -0.2) is 0 Å². The van der Waals surface area contributed by atoms with Crippen LogP contribution in [0, 0.1) is 11.3 Å². The molecular formula is C20H33N3. The Hall–Kier alpha value is -0.380. The Bertz CT molecular complexity index is 481. The lowest BCUT2D eigenvalue weighted by Gasteiger charge is -2.62. The van der Waals surface area contributed by atoms with Crippen LogP contribution in [-0.2, 0) is 0 Å². The molecule has 0 aromatic carbocycles. The van der Waals surface area contributed by atoms with Crippen LogP contribution >= 0.6 is 0 Å². The molecule has 3 heteroatoms. The van der Waals surface area contributed by atoms with Crippen molar-refractivity contribution in [3.05, 3.63) is 11.6 Å². The van der Waals surface area contributed by atoms with E-state index in [1.165, 1.54) is 84.0 Å². The first-order chi connectivity index (χ1) is 11.4. The van der Waals surface area contributed by atoms with Gasteiger partial charge in [-0.15, -0.1) is 0 Å². The van der Waals surface area contributed by atoms with E-state index in [0.29, 0.717) is 11.5 Å². The van der Waals surface area contributed by atoms with Crippen LogP contribution in [0.4, 0.5) is 0 Å². The highest BCUT2D eigenvalue weighted by molar-refractivity contribution is 5.29. The third kappa shape index (κ3) is 2.34. The molecule has 0 amide bonds. The second kappa shape index (κ2) is 5.86. The summed E-state index contributed by atoms with van der Waals surface area (Å²) in [6, 6.07) is 2.25. The summed E-state index contributed by atoms with van der Waals surface area (Å²) >= 11 is 0. The lowest BCUT2D eigenvalue weighted by Crippen LogP contribution is -2.70. The molecule has 4 aliphatic heterocycles. The molecule has 2 bridgehead atoms. The van der Waals surface area contributed by atoms with Gasteiger partial charge < -0.3 is 10.6 Å². The predicted octanol–water partition coefficient (Wildman–Crippen LogP) is 2.68. The minimum Gasteiger partial charge on any atom is -0.313 e. The molecule has 1 aliphatic carbocycles. The quantitative estimate of drug-likeness (QED) is 0.729. The first-order valence-electron chi connectivity index (χ1n) is 10.3. The molecule has 4 saturated heterocycles. The average molecular weight is 316 g/mol. The van der Waals surface area contributed by atoms with Crippen LogP contribution in [0.2, 0.25) is 0 Å². The molecule has 5 atom stereocenters. The SMILES string of the molecule is C1=C2CCCNC2C2(C3CCCCN3)CC1C1CCCCN1C2. The Morgan fingerprint density at radius 3 is 2.83 bits per heavy atom. The molecule has 5 unspecified atom stereocenters. The van der Waals surface area contributed by atoms with Crippen molar-refractivity contribution in [1.82, 2.24) is 15.5 Å². The summed E-state index contributed by atoms with van der Waals surface area (Å²) in [7, 11) is 0. The van der Waals surface area contributed by atoms with Crippen LogP contribution in [0.1, 0.15) is 57.8 Å². The van der Waals surface area contributed by atoms with E-state index in [0.717, 1.165) is 18.0 Å². The third-order valence-electron chi connectivity index (χ3n) is 7.64. The van der Waals surface area contributed by atoms with Gasteiger partial charge in [0.2, 0.25) is 0 Å². The molecule has 0 saturated carbocycles. The van der Waals surface area contributed by atoms with Gasteiger partial charge in [0.1, 0.15) is 0 Å². The highest BCUT2D eigenvalue weighted by Gasteiger charge is 2.56. The first-order valence-corrected chi connectivity index (χ1v) is 10.3. The maximum Gasteiger partial charge on any atom is 0.0363 e. The van der Waals surface area contributed by atoms with Gasteiger partial charge in [-0.05, 0) is 70.5 Å². The normalized spacial score (nSPS) is 47.4. The highest BCUT2D eigenvalue weighted by Crippen LogP contribution is 2.52. The molecule has 3 nitrogen and oxygen atoms in total. The molecule has 0 aromatic rings. The Labute approximate surface area is 141 Å². The Balaban J connectivity index is 1.54. The van der Waals surface area contributed by atoms with Crippen LogP contribution < -0.4 is 10.6 Å². The van der Waals surface area contributed by atoms with Crippen molar-refractivity contribution in [1.29, 1.82) is 0 Å². The number of nitrogens with zero attached hydrogens (tertiary/aromatic N) is 1. The van der Waals surface area contributed by atoms with Gasteiger partial charge in [-0.3, -0.25) is 4.90 Å². The van der Waals surface area contributed by atoms with Gasteiger partial charge >= 0.3 is 0 Å². The smallest absolute Gasteiger partial charge is 0.0363 e.